The molecule has 2 rings (SSSR count). The third kappa shape index (κ3) is 8.35. The SMILES string of the molecule is CO[C]1[CH][CH]C(CC#N)(c2ccc(OC)c(OC)c2)C[CH]1.[C-]#[O+].[C-]#[O+].[C-]#[O+].[Fe]. The summed E-state index contributed by atoms with van der Waals surface area (Å²) in [6, 6.07) is 8.07. The van der Waals surface area contributed by atoms with Gasteiger partial charge in [-0.1, -0.05) is 6.07 Å². The Morgan fingerprint density at radius 2 is 1.57 bits per heavy atom. The van der Waals surface area contributed by atoms with Crippen LogP contribution in [0.1, 0.15) is 18.4 Å². The number of ether oxygens (including phenoxy) is 3. The fourth-order valence-corrected chi connectivity index (χ4v) is 2.55. The van der Waals surface area contributed by atoms with E-state index in [1.807, 2.05) is 37.5 Å². The molecule has 148 valence electrons. The Labute approximate surface area is 177 Å². The van der Waals surface area contributed by atoms with E-state index < -0.39 is 0 Å². The minimum Gasteiger partial charge on any atom is 0 e. The van der Waals surface area contributed by atoms with E-state index >= 15 is 0 Å². The summed E-state index contributed by atoms with van der Waals surface area (Å²) in [7, 11) is 4.86. The first kappa shape index (κ1) is 30.7. The fraction of sp³-hybridized carbons (Fsp3) is 0.300. The molecule has 1 unspecified atom stereocenters. The van der Waals surface area contributed by atoms with Gasteiger partial charge in [0.1, 0.15) is 6.10 Å². The van der Waals surface area contributed by atoms with Crippen LogP contribution in [0.5, 0.6) is 11.5 Å². The van der Waals surface area contributed by atoms with Crippen molar-refractivity contribution in [3.63, 3.8) is 0 Å². The van der Waals surface area contributed by atoms with Crippen molar-refractivity contribution in [1.29, 1.82) is 5.26 Å². The minimum atomic E-state index is -0.351. The Balaban J connectivity index is -0.000000815. The summed E-state index contributed by atoms with van der Waals surface area (Å²) >= 11 is 0. The molecule has 28 heavy (non-hydrogen) atoms. The van der Waals surface area contributed by atoms with Gasteiger partial charge in [-0.25, -0.2) is 0 Å². The summed E-state index contributed by atoms with van der Waals surface area (Å²) in [6.45, 7) is 13.5. The van der Waals surface area contributed by atoms with Crippen LogP contribution in [0.15, 0.2) is 18.2 Å². The van der Waals surface area contributed by atoms with Crippen molar-refractivity contribution in [1.82, 2.24) is 0 Å². The zero-order valence-electron chi connectivity index (χ0n) is 15.6. The molecule has 0 saturated heterocycles. The van der Waals surface area contributed by atoms with Gasteiger partial charge >= 0.3 is 33.9 Å². The molecule has 0 spiro atoms. The largest absolute Gasteiger partial charge is 0 e. The topological polar surface area (TPSA) is 111 Å². The van der Waals surface area contributed by atoms with Crippen LogP contribution < -0.4 is 9.47 Å². The molecule has 0 bridgehead atoms. The molecule has 1 aromatic rings. The van der Waals surface area contributed by atoms with Crippen molar-refractivity contribution >= 4 is 0 Å². The molecule has 0 heterocycles. The zero-order chi connectivity index (χ0) is 21.3. The standard InChI is InChI=1S/C17H19NO3.3CO.Fe/c1-19-14-6-8-17(9-7-14,10-11-18)13-4-5-15(20-2)16(12-13)21-3;3*1-2;/h4-8,12H,9-10H2,1-3H3;;;;. The van der Waals surface area contributed by atoms with Crippen LogP contribution in [0.2, 0.25) is 0 Å². The summed E-state index contributed by atoms with van der Waals surface area (Å²) in [5.41, 5.74) is 0.681. The van der Waals surface area contributed by atoms with Gasteiger partial charge in [0, 0.05) is 42.4 Å². The molecule has 0 N–H and O–H groups in total. The number of methoxy groups -OCH3 is 3. The molecule has 1 saturated carbocycles. The third-order valence-corrected chi connectivity index (χ3v) is 3.82. The number of benzene rings is 1. The molecule has 0 aromatic heterocycles. The molecule has 0 amide bonds. The smallest absolute Gasteiger partial charge is 0 e. The van der Waals surface area contributed by atoms with Crippen LogP contribution in [-0.2, 0) is 41.2 Å². The first-order valence-electron chi connectivity index (χ1n) is 7.33. The van der Waals surface area contributed by atoms with E-state index in [0.717, 1.165) is 18.1 Å². The minimum absolute atomic E-state index is 0. The van der Waals surface area contributed by atoms with Gasteiger partial charge in [-0.2, -0.15) is 5.26 Å². The molecule has 7 nitrogen and oxygen atoms in total. The number of nitriles is 1. The molecule has 1 aliphatic carbocycles. The van der Waals surface area contributed by atoms with Crippen molar-refractivity contribution in [3.05, 3.63) is 69.1 Å². The summed E-state index contributed by atoms with van der Waals surface area (Å²) in [4.78, 5) is 0. The molecule has 4 radical (unpaired) electrons. The van der Waals surface area contributed by atoms with Crippen LogP contribution in [0, 0.1) is 56.6 Å². The van der Waals surface area contributed by atoms with Gasteiger partial charge in [-0.05, 0) is 37.0 Å². The van der Waals surface area contributed by atoms with E-state index in [0.29, 0.717) is 17.9 Å². The quantitative estimate of drug-likeness (QED) is 0.410. The maximum absolute atomic E-state index is 9.20. The number of nitrogens with zero attached hydrogens (tertiary/aromatic N) is 1. The fourth-order valence-electron chi connectivity index (χ4n) is 2.55. The molecule has 0 aliphatic heterocycles. The summed E-state index contributed by atoms with van der Waals surface area (Å²) in [5.74, 6) is 1.35. The van der Waals surface area contributed by atoms with Gasteiger partial charge in [0.2, 0.25) is 0 Å². The van der Waals surface area contributed by atoms with Crippen LogP contribution in [0.25, 0.3) is 0 Å². The monoisotopic (exact) mass is 425 g/mol. The molecule has 1 fully saturated rings. The normalized spacial score (nSPS) is 13.7. The number of rotatable bonds is 5. The second kappa shape index (κ2) is 18.4. The third-order valence-electron chi connectivity index (χ3n) is 3.82. The molecular formula is C20H19FeNO6. The first-order chi connectivity index (χ1) is 13.2. The van der Waals surface area contributed by atoms with Gasteiger partial charge in [0.05, 0.1) is 20.3 Å². The van der Waals surface area contributed by atoms with Crippen molar-refractivity contribution in [2.75, 3.05) is 21.3 Å². The first-order valence-corrected chi connectivity index (χ1v) is 7.33. The Hall–Kier alpha value is -1.99. The molecule has 1 atom stereocenters. The maximum Gasteiger partial charge on any atom is 0 e. The van der Waals surface area contributed by atoms with Crippen LogP contribution >= 0.6 is 0 Å². The van der Waals surface area contributed by atoms with Crippen LogP contribution in [0.4, 0.5) is 0 Å². The predicted octanol–water partition coefficient (Wildman–Crippen LogP) is 2.94. The second-order valence-corrected chi connectivity index (χ2v) is 4.91. The van der Waals surface area contributed by atoms with Crippen molar-refractivity contribution < 1.29 is 45.2 Å². The average Bonchev–Trinajstić information content (AvgIpc) is 2.78. The van der Waals surface area contributed by atoms with Crippen molar-refractivity contribution in [2.45, 2.75) is 18.3 Å². The van der Waals surface area contributed by atoms with Crippen LogP contribution in [0.3, 0.4) is 0 Å². The van der Waals surface area contributed by atoms with Gasteiger partial charge < -0.3 is 14.2 Å². The Kier molecular flexibility index (Phi) is 20.2. The average molecular weight is 425 g/mol. The Bertz CT molecular complexity index is 628. The van der Waals surface area contributed by atoms with Gasteiger partial charge in [-0.3, -0.25) is 0 Å². The second-order valence-electron chi connectivity index (χ2n) is 4.91. The molecule has 1 aromatic carbocycles. The summed E-state index contributed by atoms with van der Waals surface area (Å²) < 4.78 is 38.4. The predicted molar refractivity (Wildman–Crippen MR) is 91.0 cm³/mol. The van der Waals surface area contributed by atoms with E-state index in [9.17, 15) is 5.26 Å². The van der Waals surface area contributed by atoms with E-state index in [1.54, 1.807) is 21.3 Å². The van der Waals surface area contributed by atoms with E-state index in [4.69, 9.17) is 28.2 Å². The molecular weight excluding hydrogens is 406 g/mol. The van der Waals surface area contributed by atoms with E-state index in [-0.39, 0.29) is 22.5 Å². The summed E-state index contributed by atoms with van der Waals surface area (Å²) in [6.07, 6.45) is 7.90. The van der Waals surface area contributed by atoms with Gasteiger partial charge in [0.15, 0.2) is 11.5 Å². The summed E-state index contributed by atoms with van der Waals surface area (Å²) in [5, 5.41) is 9.20. The van der Waals surface area contributed by atoms with Crippen molar-refractivity contribution in [2.24, 2.45) is 0 Å². The number of hydrogen-bond acceptors (Lipinski definition) is 4. The Morgan fingerprint density at radius 3 is 1.96 bits per heavy atom. The van der Waals surface area contributed by atoms with E-state index in [2.05, 4.69) is 26.0 Å². The van der Waals surface area contributed by atoms with E-state index in [1.165, 1.54) is 0 Å². The molecule has 1 aliphatic rings. The number of hydrogen-bond donors (Lipinski definition) is 0. The zero-order valence-corrected chi connectivity index (χ0v) is 16.7. The molecule has 8 heteroatoms. The Morgan fingerprint density at radius 1 is 1.00 bits per heavy atom. The van der Waals surface area contributed by atoms with Crippen molar-refractivity contribution in [3.8, 4) is 17.6 Å². The van der Waals surface area contributed by atoms with Gasteiger partial charge in [-0.15, -0.1) is 0 Å². The maximum atomic E-state index is 9.20. The van der Waals surface area contributed by atoms with Gasteiger partial charge in [0.25, 0.3) is 0 Å². The van der Waals surface area contributed by atoms with Crippen LogP contribution in [-0.4, -0.2) is 21.3 Å².